The third-order valence-corrected chi connectivity index (χ3v) is 4.02. The van der Waals surface area contributed by atoms with E-state index in [1.807, 2.05) is 0 Å². The minimum Gasteiger partial charge on any atom is -0.467 e. The highest BCUT2D eigenvalue weighted by Gasteiger charge is 2.43. The number of aryl methyl sites for hydroxylation is 1. The van der Waals surface area contributed by atoms with Gasteiger partial charge in [-0.1, -0.05) is 12.8 Å². The van der Waals surface area contributed by atoms with Crippen LogP contribution in [0.4, 0.5) is 0 Å². The first-order chi connectivity index (χ1) is 8.98. The second kappa shape index (κ2) is 5.36. The molecule has 0 bridgehead atoms. The van der Waals surface area contributed by atoms with Gasteiger partial charge < -0.3 is 14.6 Å². The van der Waals surface area contributed by atoms with Crippen LogP contribution in [0.15, 0.2) is 16.7 Å². The van der Waals surface area contributed by atoms with Crippen molar-refractivity contribution in [2.24, 2.45) is 7.05 Å². The minimum atomic E-state index is -0.859. The van der Waals surface area contributed by atoms with Gasteiger partial charge in [0.2, 0.25) is 0 Å². The van der Waals surface area contributed by atoms with Crippen molar-refractivity contribution in [1.29, 1.82) is 0 Å². The van der Waals surface area contributed by atoms with Crippen molar-refractivity contribution in [2.45, 2.75) is 31.2 Å². The van der Waals surface area contributed by atoms with Gasteiger partial charge in [-0.3, -0.25) is 4.79 Å². The van der Waals surface area contributed by atoms with Crippen molar-refractivity contribution in [3.63, 3.8) is 0 Å². The number of amides is 1. The maximum absolute atomic E-state index is 12.3. The van der Waals surface area contributed by atoms with Crippen molar-refractivity contribution in [1.82, 2.24) is 9.88 Å². The van der Waals surface area contributed by atoms with E-state index in [1.54, 1.807) is 23.9 Å². The lowest BCUT2D eigenvalue weighted by Crippen LogP contribution is -2.53. The average Bonchev–Trinajstić information content (AvgIpc) is 2.96. The van der Waals surface area contributed by atoms with Gasteiger partial charge in [0.15, 0.2) is 0 Å². The number of carbonyl (C=O) groups is 2. The first-order valence-corrected chi connectivity index (χ1v) is 7.00. The van der Waals surface area contributed by atoms with Crippen molar-refractivity contribution >= 4 is 27.8 Å². The maximum atomic E-state index is 12.3. The number of ether oxygens (including phenoxy) is 1. The molecule has 1 aliphatic carbocycles. The van der Waals surface area contributed by atoms with E-state index >= 15 is 0 Å². The van der Waals surface area contributed by atoms with Crippen molar-refractivity contribution in [3.8, 4) is 0 Å². The van der Waals surface area contributed by atoms with Crippen molar-refractivity contribution in [3.05, 3.63) is 22.4 Å². The van der Waals surface area contributed by atoms with Gasteiger partial charge in [0.25, 0.3) is 5.91 Å². The molecule has 0 spiro atoms. The summed E-state index contributed by atoms with van der Waals surface area (Å²) in [4.78, 5) is 24.2. The molecule has 0 unspecified atom stereocenters. The maximum Gasteiger partial charge on any atom is 0.331 e. The summed E-state index contributed by atoms with van der Waals surface area (Å²) >= 11 is 3.33. The fraction of sp³-hybridized carbons (Fsp3) is 0.538. The van der Waals surface area contributed by atoms with Crippen LogP contribution in [0.1, 0.15) is 36.2 Å². The number of halogens is 1. The molecule has 1 aliphatic rings. The fourth-order valence-corrected chi connectivity index (χ4v) is 3.11. The number of aromatic nitrogens is 1. The molecule has 1 heterocycles. The van der Waals surface area contributed by atoms with E-state index < -0.39 is 5.54 Å². The quantitative estimate of drug-likeness (QED) is 0.863. The number of methoxy groups -OCH3 is 1. The number of rotatable bonds is 3. The Labute approximate surface area is 120 Å². The Morgan fingerprint density at radius 3 is 2.53 bits per heavy atom. The van der Waals surface area contributed by atoms with Crippen LogP contribution in [-0.4, -0.2) is 29.1 Å². The summed E-state index contributed by atoms with van der Waals surface area (Å²) in [5.74, 6) is -0.605. The zero-order chi connectivity index (χ0) is 14.0. The Bertz CT molecular complexity index is 504. The molecule has 1 aromatic rings. The van der Waals surface area contributed by atoms with Crippen LogP contribution in [-0.2, 0) is 16.6 Å². The van der Waals surface area contributed by atoms with E-state index in [2.05, 4.69) is 21.2 Å². The van der Waals surface area contributed by atoms with Gasteiger partial charge in [0.05, 0.1) is 7.11 Å². The molecule has 104 valence electrons. The molecule has 1 fully saturated rings. The van der Waals surface area contributed by atoms with Crippen LogP contribution in [0.5, 0.6) is 0 Å². The number of nitrogens with zero attached hydrogens (tertiary/aromatic N) is 1. The highest BCUT2D eigenvalue weighted by Crippen LogP contribution is 2.31. The first-order valence-electron chi connectivity index (χ1n) is 6.21. The molecule has 19 heavy (non-hydrogen) atoms. The van der Waals surface area contributed by atoms with E-state index in [0.717, 1.165) is 17.3 Å². The second-order valence-electron chi connectivity index (χ2n) is 4.89. The van der Waals surface area contributed by atoms with E-state index in [-0.39, 0.29) is 11.9 Å². The molecule has 1 aromatic heterocycles. The summed E-state index contributed by atoms with van der Waals surface area (Å²) in [6.07, 6.45) is 4.92. The second-order valence-corrected chi connectivity index (χ2v) is 5.81. The zero-order valence-corrected chi connectivity index (χ0v) is 12.6. The number of hydrogen-bond donors (Lipinski definition) is 1. The molecule has 5 nitrogen and oxygen atoms in total. The molecule has 2 rings (SSSR count). The topological polar surface area (TPSA) is 60.3 Å². The van der Waals surface area contributed by atoms with Gasteiger partial charge in [-0.15, -0.1) is 0 Å². The monoisotopic (exact) mass is 328 g/mol. The number of esters is 1. The molecule has 0 radical (unpaired) electrons. The third kappa shape index (κ3) is 2.68. The summed E-state index contributed by atoms with van der Waals surface area (Å²) in [6, 6.07) is 1.73. The van der Waals surface area contributed by atoms with Crippen LogP contribution < -0.4 is 5.32 Å². The van der Waals surface area contributed by atoms with E-state index in [0.29, 0.717) is 18.5 Å². The van der Waals surface area contributed by atoms with Gasteiger partial charge in [0.1, 0.15) is 11.2 Å². The Kier molecular flexibility index (Phi) is 3.99. The van der Waals surface area contributed by atoms with Crippen LogP contribution in [0.3, 0.4) is 0 Å². The molecule has 0 aliphatic heterocycles. The van der Waals surface area contributed by atoms with Gasteiger partial charge in [-0.2, -0.15) is 0 Å². The average molecular weight is 329 g/mol. The molecule has 1 amide bonds. The number of hydrogen-bond acceptors (Lipinski definition) is 3. The molecule has 0 saturated heterocycles. The van der Waals surface area contributed by atoms with Gasteiger partial charge >= 0.3 is 5.97 Å². The number of carbonyl (C=O) groups excluding carboxylic acids is 2. The van der Waals surface area contributed by atoms with Gasteiger partial charge in [-0.05, 0) is 34.8 Å². The largest absolute Gasteiger partial charge is 0.467 e. The first kappa shape index (κ1) is 14.1. The predicted molar refractivity (Wildman–Crippen MR) is 73.8 cm³/mol. The third-order valence-electron chi connectivity index (χ3n) is 3.59. The van der Waals surface area contributed by atoms with Gasteiger partial charge in [0, 0.05) is 17.7 Å². The molecule has 1 N–H and O–H groups in total. The van der Waals surface area contributed by atoms with Crippen LogP contribution in [0, 0.1) is 0 Å². The molecule has 6 heteroatoms. The van der Waals surface area contributed by atoms with Crippen molar-refractivity contribution in [2.75, 3.05) is 7.11 Å². The SMILES string of the molecule is COC(=O)C1(NC(=O)c2cc(Br)cn2C)CCCC1. The summed E-state index contributed by atoms with van der Waals surface area (Å²) in [5.41, 5.74) is -0.343. The normalized spacial score (nSPS) is 17.2. The lowest BCUT2D eigenvalue weighted by Gasteiger charge is -2.27. The standard InChI is InChI=1S/C13H17BrN2O3/c1-16-8-9(14)7-10(16)11(17)15-13(12(18)19-2)5-3-4-6-13/h7-8H,3-6H2,1-2H3,(H,15,17). The Morgan fingerprint density at radius 2 is 2.05 bits per heavy atom. The molecular formula is C13H17BrN2O3. The predicted octanol–water partition coefficient (Wildman–Crippen LogP) is 2.00. The summed E-state index contributed by atoms with van der Waals surface area (Å²) in [7, 11) is 3.15. The molecule has 0 aromatic carbocycles. The highest BCUT2D eigenvalue weighted by atomic mass is 79.9. The summed E-state index contributed by atoms with van der Waals surface area (Å²) in [5, 5.41) is 2.86. The Hall–Kier alpha value is -1.30. The lowest BCUT2D eigenvalue weighted by molar-refractivity contribution is -0.148. The van der Waals surface area contributed by atoms with Crippen molar-refractivity contribution < 1.29 is 14.3 Å². The molecule has 1 saturated carbocycles. The minimum absolute atomic E-state index is 0.250. The van der Waals surface area contributed by atoms with Crippen LogP contribution in [0.2, 0.25) is 0 Å². The Balaban J connectivity index is 2.21. The van der Waals surface area contributed by atoms with Crippen LogP contribution in [0.25, 0.3) is 0 Å². The molecule has 0 atom stereocenters. The smallest absolute Gasteiger partial charge is 0.331 e. The fourth-order valence-electron chi connectivity index (χ4n) is 2.59. The van der Waals surface area contributed by atoms with Gasteiger partial charge in [-0.25, -0.2) is 4.79 Å². The van der Waals surface area contributed by atoms with E-state index in [1.165, 1.54) is 7.11 Å². The van der Waals surface area contributed by atoms with E-state index in [9.17, 15) is 9.59 Å². The summed E-state index contributed by atoms with van der Waals surface area (Å²) in [6.45, 7) is 0. The highest BCUT2D eigenvalue weighted by molar-refractivity contribution is 9.10. The van der Waals surface area contributed by atoms with Crippen LogP contribution >= 0.6 is 15.9 Å². The van der Waals surface area contributed by atoms with E-state index in [4.69, 9.17) is 4.74 Å². The lowest BCUT2D eigenvalue weighted by atomic mass is 9.97. The summed E-state index contributed by atoms with van der Waals surface area (Å²) < 4.78 is 7.39. The number of nitrogens with one attached hydrogen (secondary N) is 1. The Morgan fingerprint density at radius 1 is 1.42 bits per heavy atom. The zero-order valence-electron chi connectivity index (χ0n) is 11.0. The molecular weight excluding hydrogens is 312 g/mol.